The molecular formula is C19H26N4O2. The highest BCUT2D eigenvalue weighted by atomic mass is 16.3. The van der Waals surface area contributed by atoms with Crippen LogP contribution >= 0.6 is 0 Å². The highest BCUT2D eigenvalue weighted by molar-refractivity contribution is 5.92. The van der Waals surface area contributed by atoms with Gasteiger partial charge in [-0.3, -0.25) is 14.4 Å². The molecule has 1 amide bonds. The molecule has 0 bridgehead atoms. The van der Waals surface area contributed by atoms with Gasteiger partial charge in [0.05, 0.1) is 19.2 Å². The zero-order valence-electron chi connectivity index (χ0n) is 14.5. The average molecular weight is 342 g/mol. The van der Waals surface area contributed by atoms with Gasteiger partial charge in [0.15, 0.2) is 0 Å². The Kier molecular flexibility index (Phi) is 6.19. The van der Waals surface area contributed by atoms with E-state index in [4.69, 9.17) is 5.11 Å². The summed E-state index contributed by atoms with van der Waals surface area (Å²) in [5.74, 6) is -0.149. The van der Waals surface area contributed by atoms with Crippen molar-refractivity contribution in [3.05, 3.63) is 53.9 Å². The second kappa shape index (κ2) is 8.78. The van der Waals surface area contributed by atoms with Gasteiger partial charge in [0.1, 0.15) is 5.69 Å². The molecule has 1 aliphatic rings. The molecular weight excluding hydrogens is 316 g/mol. The van der Waals surface area contributed by atoms with Gasteiger partial charge in [-0.25, -0.2) is 0 Å². The third-order valence-electron chi connectivity index (χ3n) is 4.73. The molecule has 1 aromatic carbocycles. The van der Waals surface area contributed by atoms with Crippen molar-refractivity contribution in [2.45, 2.75) is 31.8 Å². The molecule has 1 fully saturated rings. The van der Waals surface area contributed by atoms with Gasteiger partial charge in [-0.15, -0.1) is 0 Å². The van der Waals surface area contributed by atoms with E-state index in [-0.39, 0.29) is 18.6 Å². The highest BCUT2D eigenvalue weighted by Gasteiger charge is 2.23. The zero-order chi connectivity index (χ0) is 17.5. The van der Waals surface area contributed by atoms with Crippen LogP contribution in [0.4, 0.5) is 0 Å². The van der Waals surface area contributed by atoms with Crippen LogP contribution in [-0.2, 0) is 6.54 Å². The van der Waals surface area contributed by atoms with Gasteiger partial charge in [0.25, 0.3) is 5.91 Å². The molecule has 2 heterocycles. The van der Waals surface area contributed by atoms with E-state index in [2.05, 4.69) is 27.4 Å². The molecule has 1 aliphatic heterocycles. The Bertz CT molecular complexity index is 665. The van der Waals surface area contributed by atoms with E-state index < -0.39 is 0 Å². The molecule has 6 heteroatoms. The topological polar surface area (TPSA) is 70.4 Å². The van der Waals surface area contributed by atoms with Gasteiger partial charge in [-0.2, -0.15) is 5.10 Å². The third-order valence-corrected chi connectivity index (χ3v) is 4.73. The number of piperidine rings is 1. The molecule has 134 valence electrons. The quantitative estimate of drug-likeness (QED) is 0.805. The molecule has 2 N–H and O–H groups in total. The van der Waals surface area contributed by atoms with Gasteiger partial charge in [0.2, 0.25) is 0 Å². The number of nitrogens with zero attached hydrogens (tertiary/aromatic N) is 3. The first-order valence-electron chi connectivity index (χ1n) is 8.99. The van der Waals surface area contributed by atoms with E-state index in [1.165, 1.54) is 29.5 Å². The van der Waals surface area contributed by atoms with E-state index in [0.29, 0.717) is 18.8 Å². The number of hydrogen-bond acceptors (Lipinski definition) is 4. The smallest absolute Gasteiger partial charge is 0.269 e. The molecule has 3 rings (SSSR count). The van der Waals surface area contributed by atoms with Crippen molar-refractivity contribution in [3.8, 4) is 0 Å². The minimum absolute atomic E-state index is 0.0393. The van der Waals surface area contributed by atoms with Crippen LogP contribution in [0.1, 0.15) is 41.4 Å². The Balaban J connectivity index is 1.69. The molecule has 6 nitrogen and oxygen atoms in total. The molecule has 0 unspecified atom stereocenters. The van der Waals surface area contributed by atoms with Gasteiger partial charge in [-0.1, -0.05) is 36.8 Å². The Morgan fingerprint density at radius 3 is 2.64 bits per heavy atom. The van der Waals surface area contributed by atoms with E-state index in [0.717, 1.165) is 13.1 Å². The summed E-state index contributed by atoms with van der Waals surface area (Å²) in [6.07, 6.45) is 5.29. The van der Waals surface area contributed by atoms with E-state index in [9.17, 15) is 4.79 Å². The maximum Gasteiger partial charge on any atom is 0.269 e. The lowest BCUT2D eigenvalue weighted by Crippen LogP contribution is -2.41. The standard InChI is InChI=1S/C19H26N4O2/c24-14-13-23-17(9-10-21-23)19(25)20-15-18(16-7-3-1-4-8-16)22-11-5-2-6-12-22/h1,3-4,7-10,18,24H,2,5-6,11-15H2,(H,20,25)/t18-/m0/s1. The molecule has 25 heavy (non-hydrogen) atoms. The predicted molar refractivity (Wildman–Crippen MR) is 96.3 cm³/mol. The minimum Gasteiger partial charge on any atom is -0.394 e. The van der Waals surface area contributed by atoms with Crippen LogP contribution in [-0.4, -0.2) is 51.9 Å². The van der Waals surface area contributed by atoms with Crippen LogP contribution in [0, 0.1) is 0 Å². The van der Waals surface area contributed by atoms with Crippen LogP contribution in [0.2, 0.25) is 0 Å². The van der Waals surface area contributed by atoms with Gasteiger partial charge in [0, 0.05) is 12.7 Å². The number of nitrogens with one attached hydrogen (secondary N) is 1. The van der Waals surface area contributed by atoms with Crippen molar-refractivity contribution in [2.24, 2.45) is 0 Å². The summed E-state index contributed by atoms with van der Waals surface area (Å²) in [5, 5.41) is 16.2. The molecule has 1 aromatic heterocycles. The summed E-state index contributed by atoms with van der Waals surface area (Å²) >= 11 is 0. The van der Waals surface area contributed by atoms with E-state index in [1.54, 1.807) is 12.3 Å². The molecule has 2 aromatic rings. The number of hydrogen-bond donors (Lipinski definition) is 2. The summed E-state index contributed by atoms with van der Waals surface area (Å²) in [6.45, 7) is 2.98. The SMILES string of the molecule is O=C(NC[C@@H](c1ccccc1)N1CCCCC1)c1ccnn1CCO. The fraction of sp³-hybridized carbons (Fsp3) is 0.474. The Hall–Kier alpha value is -2.18. The lowest BCUT2D eigenvalue weighted by molar-refractivity contribution is 0.0912. The van der Waals surface area contributed by atoms with Crippen molar-refractivity contribution < 1.29 is 9.90 Å². The van der Waals surface area contributed by atoms with Gasteiger partial charge >= 0.3 is 0 Å². The van der Waals surface area contributed by atoms with Crippen molar-refractivity contribution in [1.82, 2.24) is 20.0 Å². The van der Waals surface area contributed by atoms with Crippen LogP contribution < -0.4 is 5.32 Å². The van der Waals surface area contributed by atoms with E-state index in [1.807, 2.05) is 18.2 Å². The Morgan fingerprint density at radius 1 is 1.16 bits per heavy atom. The highest BCUT2D eigenvalue weighted by Crippen LogP contribution is 2.24. The average Bonchev–Trinajstić information content (AvgIpc) is 3.12. The second-order valence-corrected chi connectivity index (χ2v) is 6.40. The molecule has 0 saturated carbocycles. The summed E-state index contributed by atoms with van der Waals surface area (Å²) in [4.78, 5) is 15.0. The number of aliphatic hydroxyl groups is 1. The summed E-state index contributed by atoms with van der Waals surface area (Å²) in [7, 11) is 0. The first-order valence-corrected chi connectivity index (χ1v) is 8.99. The van der Waals surface area contributed by atoms with Crippen molar-refractivity contribution in [1.29, 1.82) is 0 Å². The van der Waals surface area contributed by atoms with Gasteiger partial charge in [-0.05, 0) is 37.6 Å². The normalized spacial score (nSPS) is 16.5. The number of rotatable bonds is 7. The number of aliphatic hydroxyl groups excluding tert-OH is 1. The Morgan fingerprint density at radius 2 is 1.92 bits per heavy atom. The third kappa shape index (κ3) is 4.46. The van der Waals surface area contributed by atoms with E-state index >= 15 is 0 Å². The lowest BCUT2D eigenvalue weighted by atomic mass is 10.0. The van der Waals surface area contributed by atoms with Crippen molar-refractivity contribution in [2.75, 3.05) is 26.2 Å². The van der Waals surface area contributed by atoms with Crippen LogP contribution in [0.5, 0.6) is 0 Å². The zero-order valence-corrected chi connectivity index (χ0v) is 14.5. The summed E-state index contributed by atoms with van der Waals surface area (Å²) in [5.41, 5.74) is 1.72. The first kappa shape index (κ1) is 17.6. The fourth-order valence-corrected chi connectivity index (χ4v) is 3.44. The van der Waals surface area contributed by atoms with Crippen molar-refractivity contribution in [3.63, 3.8) is 0 Å². The number of benzene rings is 1. The monoisotopic (exact) mass is 342 g/mol. The van der Waals surface area contributed by atoms with Crippen LogP contribution in [0.15, 0.2) is 42.6 Å². The minimum atomic E-state index is -0.149. The number of carbonyl (C=O) groups is 1. The summed E-state index contributed by atoms with van der Waals surface area (Å²) in [6, 6.07) is 12.2. The molecule has 0 radical (unpaired) electrons. The number of carbonyl (C=O) groups excluding carboxylic acids is 1. The largest absolute Gasteiger partial charge is 0.394 e. The number of aromatic nitrogens is 2. The van der Waals surface area contributed by atoms with Crippen LogP contribution in [0.3, 0.4) is 0 Å². The Labute approximate surface area is 148 Å². The lowest BCUT2D eigenvalue weighted by Gasteiger charge is -2.35. The van der Waals surface area contributed by atoms with Gasteiger partial charge < -0.3 is 10.4 Å². The number of likely N-dealkylation sites (tertiary alicyclic amines) is 1. The molecule has 1 atom stereocenters. The molecule has 0 spiro atoms. The predicted octanol–water partition coefficient (Wildman–Crippen LogP) is 1.83. The number of amides is 1. The second-order valence-electron chi connectivity index (χ2n) is 6.40. The summed E-state index contributed by atoms with van der Waals surface area (Å²) < 4.78 is 1.54. The molecule has 0 aliphatic carbocycles. The fourth-order valence-electron chi connectivity index (χ4n) is 3.44. The maximum atomic E-state index is 12.5. The maximum absolute atomic E-state index is 12.5. The van der Waals surface area contributed by atoms with Crippen molar-refractivity contribution >= 4 is 5.91 Å². The van der Waals surface area contributed by atoms with Crippen LogP contribution in [0.25, 0.3) is 0 Å². The first-order chi connectivity index (χ1) is 12.3. The molecule has 1 saturated heterocycles.